The number of likely N-dealkylation sites (N-methyl/N-ethyl adjacent to an activating group) is 1. The SMILES string of the molecule is COc1ccc(-n2nc(CC(C(=O)N3CCN(C)CC3)c3cccc(C)c3)cc2-c2ccc(C)cc2)cc1. The van der Waals surface area contributed by atoms with Crippen LogP contribution >= 0.6 is 0 Å². The lowest BCUT2D eigenvalue weighted by Crippen LogP contribution is -2.48. The second-order valence-electron chi connectivity index (χ2n) is 10.3. The van der Waals surface area contributed by atoms with Crippen molar-refractivity contribution in [1.82, 2.24) is 19.6 Å². The number of amides is 1. The van der Waals surface area contributed by atoms with Gasteiger partial charge in [0.2, 0.25) is 5.91 Å². The van der Waals surface area contributed by atoms with Gasteiger partial charge in [0.15, 0.2) is 0 Å². The first-order chi connectivity index (χ1) is 18.4. The molecule has 1 saturated heterocycles. The molecule has 0 spiro atoms. The molecule has 4 aromatic rings. The molecule has 196 valence electrons. The quantitative estimate of drug-likeness (QED) is 0.342. The van der Waals surface area contributed by atoms with Crippen LogP contribution in [-0.2, 0) is 11.2 Å². The third kappa shape index (κ3) is 5.65. The molecule has 2 heterocycles. The number of aromatic nitrogens is 2. The lowest BCUT2D eigenvalue weighted by Gasteiger charge is -2.34. The van der Waals surface area contributed by atoms with E-state index in [1.807, 2.05) is 39.9 Å². The van der Waals surface area contributed by atoms with Gasteiger partial charge < -0.3 is 14.5 Å². The van der Waals surface area contributed by atoms with E-state index < -0.39 is 0 Å². The molecule has 38 heavy (non-hydrogen) atoms. The van der Waals surface area contributed by atoms with Crippen LogP contribution in [0.5, 0.6) is 5.75 Å². The number of carbonyl (C=O) groups is 1. The first-order valence-corrected chi connectivity index (χ1v) is 13.3. The van der Waals surface area contributed by atoms with Crippen LogP contribution in [0.1, 0.15) is 28.3 Å². The van der Waals surface area contributed by atoms with Crippen molar-refractivity contribution in [3.63, 3.8) is 0 Å². The molecule has 0 saturated carbocycles. The predicted molar refractivity (Wildman–Crippen MR) is 152 cm³/mol. The second kappa shape index (κ2) is 11.2. The number of nitrogens with zero attached hydrogens (tertiary/aromatic N) is 4. The molecule has 1 atom stereocenters. The fraction of sp³-hybridized carbons (Fsp3) is 0.312. The Labute approximate surface area is 225 Å². The number of carbonyl (C=O) groups excluding carboxylic acids is 1. The summed E-state index contributed by atoms with van der Waals surface area (Å²) in [6.45, 7) is 7.48. The molecule has 6 nitrogen and oxygen atoms in total. The molecule has 0 N–H and O–H groups in total. The number of hydrogen-bond acceptors (Lipinski definition) is 4. The zero-order valence-corrected chi connectivity index (χ0v) is 22.7. The molecule has 6 heteroatoms. The van der Waals surface area contributed by atoms with E-state index in [2.05, 4.69) is 74.3 Å². The van der Waals surface area contributed by atoms with Crippen LogP contribution < -0.4 is 4.74 Å². The van der Waals surface area contributed by atoms with E-state index in [0.29, 0.717) is 6.42 Å². The summed E-state index contributed by atoms with van der Waals surface area (Å²) in [4.78, 5) is 18.2. The van der Waals surface area contributed by atoms with Crippen LogP contribution in [0.4, 0.5) is 0 Å². The van der Waals surface area contributed by atoms with E-state index in [1.165, 1.54) is 5.56 Å². The highest BCUT2D eigenvalue weighted by molar-refractivity contribution is 5.84. The van der Waals surface area contributed by atoms with Crippen LogP contribution in [0.3, 0.4) is 0 Å². The van der Waals surface area contributed by atoms with Crippen LogP contribution in [-0.4, -0.2) is 65.8 Å². The zero-order valence-electron chi connectivity index (χ0n) is 22.7. The fourth-order valence-corrected chi connectivity index (χ4v) is 5.07. The molecule has 1 aromatic heterocycles. The van der Waals surface area contributed by atoms with Crippen molar-refractivity contribution in [3.8, 4) is 22.7 Å². The maximum absolute atomic E-state index is 13.9. The molecule has 1 fully saturated rings. The Kier molecular flexibility index (Phi) is 7.61. The number of aryl methyl sites for hydroxylation is 2. The summed E-state index contributed by atoms with van der Waals surface area (Å²) in [5.41, 5.74) is 7.34. The highest BCUT2D eigenvalue weighted by Gasteiger charge is 2.29. The third-order valence-electron chi connectivity index (χ3n) is 7.40. The van der Waals surface area contributed by atoms with E-state index in [-0.39, 0.29) is 11.8 Å². The van der Waals surface area contributed by atoms with E-state index in [1.54, 1.807) is 7.11 Å². The summed E-state index contributed by atoms with van der Waals surface area (Å²) in [7, 11) is 3.78. The van der Waals surface area contributed by atoms with Gasteiger partial charge in [-0.2, -0.15) is 5.10 Å². The minimum Gasteiger partial charge on any atom is -0.497 e. The molecule has 0 bridgehead atoms. The molecule has 1 unspecified atom stereocenters. The number of benzene rings is 3. The number of methoxy groups -OCH3 is 1. The minimum absolute atomic E-state index is 0.180. The average molecular weight is 509 g/mol. The second-order valence-corrected chi connectivity index (χ2v) is 10.3. The lowest BCUT2D eigenvalue weighted by atomic mass is 9.91. The van der Waals surface area contributed by atoms with Crippen molar-refractivity contribution in [3.05, 3.63) is 101 Å². The molecule has 3 aromatic carbocycles. The van der Waals surface area contributed by atoms with Crippen molar-refractivity contribution in [2.24, 2.45) is 0 Å². The molecule has 0 aliphatic carbocycles. The van der Waals surface area contributed by atoms with Gasteiger partial charge in [-0.1, -0.05) is 59.7 Å². The predicted octanol–water partition coefficient (Wildman–Crippen LogP) is 5.27. The summed E-state index contributed by atoms with van der Waals surface area (Å²) in [5.74, 6) is 0.693. The smallest absolute Gasteiger partial charge is 0.230 e. The van der Waals surface area contributed by atoms with Crippen LogP contribution in [0, 0.1) is 13.8 Å². The fourth-order valence-electron chi connectivity index (χ4n) is 5.07. The summed E-state index contributed by atoms with van der Waals surface area (Å²) >= 11 is 0. The molecule has 0 radical (unpaired) electrons. The van der Waals surface area contributed by atoms with Gasteiger partial charge in [0, 0.05) is 38.2 Å². The van der Waals surface area contributed by atoms with Gasteiger partial charge in [-0.3, -0.25) is 4.79 Å². The van der Waals surface area contributed by atoms with Crippen molar-refractivity contribution >= 4 is 5.91 Å². The van der Waals surface area contributed by atoms with Crippen molar-refractivity contribution in [2.45, 2.75) is 26.2 Å². The highest BCUT2D eigenvalue weighted by atomic mass is 16.5. The summed E-state index contributed by atoms with van der Waals surface area (Å²) in [6, 6.07) is 26.9. The zero-order chi connectivity index (χ0) is 26.6. The summed E-state index contributed by atoms with van der Waals surface area (Å²) < 4.78 is 7.34. The third-order valence-corrected chi connectivity index (χ3v) is 7.40. The van der Waals surface area contributed by atoms with Gasteiger partial charge in [-0.15, -0.1) is 0 Å². The van der Waals surface area contributed by atoms with Crippen LogP contribution in [0.2, 0.25) is 0 Å². The van der Waals surface area contributed by atoms with Crippen molar-refractivity contribution in [2.75, 3.05) is 40.3 Å². The van der Waals surface area contributed by atoms with Gasteiger partial charge in [0.25, 0.3) is 0 Å². The van der Waals surface area contributed by atoms with E-state index in [4.69, 9.17) is 9.84 Å². The Bertz CT molecular complexity index is 1380. The van der Waals surface area contributed by atoms with Gasteiger partial charge in [-0.05, 0) is 56.8 Å². The largest absolute Gasteiger partial charge is 0.497 e. The van der Waals surface area contributed by atoms with E-state index >= 15 is 0 Å². The number of hydrogen-bond donors (Lipinski definition) is 0. The lowest BCUT2D eigenvalue weighted by molar-refractivity contribution is -0.134. The Morgan fingerprint density at radius 3 is 2.26 bits per heavy atom. The molecular formula is C32H36N4O2. The van der Waals surface area contributed by atoms with Crippen LogP contribution in [0.25, 0.3) is 16.9 Å². The molecule has 1 amide bonds. The number of rotatable bonds is 7. The van der Waals surface area contributed by atoms with Gasteiger partial charge >= 0.3 is 0 Å². The monoisotopic (exact) mass is 508 g/mol. The Balaban J connectivity index is 1.54. The highest BCUT2D eigenvalue weighted by Crippen LogP contribution is 2.30. The average Bonchev–Trinajstić information content (AvgIpc) is 3.36. The maximum atomic E-state index is 13.9. The number of piperazine rings is 1. The Morgan fingerprint density at radius 1 is 0.895 bits per heavy atom. The normalized spacial score (nSPS) is 14.9. The topological polar surface area (TPSA) is 50.6 Å². The first-order valence-electron chi connectivity index (χ1n) is 13.3. The molecular weight excluding hydrogens is 472 g/mol. The van der Waals surface area contributed by atoms with Crippen molar-refractivity contribution < 1.29 is 9.53 Å². The summed E-state index contributed by atoms with van der Waals surface area (Å²) in [5, 5.41) is 5.06. The van der Waals surface area contributed by atoms with Gasteiger partial charge in [0.05, 0.1) is 30.1 Å². The molecule has 1 aliphatic rings. The minimum atomic E-state index is -0.289. The Morgan fingerprint density at radius 2 is 1.61 bits per heavy atom. The van der Waals surface area contributed by atoms with Gasteiger partial charge in [-0.25, -0.2) is 4.68 Å². The van der Waals surface area contributed by atoms with Gasteiger partial charge in [0.1, 0.15) is 5.75 Å². The standard InChI is InChI=1S/C32H36N4O2/c1-23-8-10-25(11-9-23)31-22-27(33-36(31)28-12-14-29(38-4)15-13-28)21-30(26-7-5-6-24(2)20-26)32(37)35-18-16-34(3)17-19-35/h5-15,20,22,30H,16-19,21H2,1-4H3. The van der Waals surface area contributed by atoms with Crippen LogP contribution in [0.15, 0.2) is 78.9 Å². The summed E-state index contributed by atoms with van der Waals surface area (Å²) in [6.07, 6.45) is 0.538. The van der Waals surface area contributed by atoms with E-state index in [9.17, 15) is 4.79 Å². The first kappa shape index (κ1) is 25.7. The molecule has 5 rings (SSSR count). The molecule has 1 aliphatic heterocycles. The maximum Gasteiger partial charge on any atom is 0.230 e. The van der Waals surface area contributed by atoms with E-state index in [0.717, 1.165) is 65.7 Å². The number of ether oxygens (including phenoxy) is 1. The van der Waals surface area contributed by atoms with Crippen molar-refractivity contribution in [1.29, 1.82) is 0 Å². The Hall–Kier alpha value is -3.90.